The highest BCUT2D eigenvalue weighted by Crippen LogP contribution is 2.53. The van der Waals surface area contributed by atoms with Gasteiger partial charge in [-0.1, -0.05) is 51.1 Å². The number of fused-ring (bicyclic) bond motifs is 3. The summed E-state index contributed by atoms with van der Waals surface area (Å²) in [7, 11) is 0. The summed E-state index contributed by atoms with van der Waals surface area (Å²) < 4.78 is 42.8. The Bertz CT molecular complexity index is 1030. The number of halogens is 3. The van der Waals surface area contributed by atoms with Crippen LogP contribution in [0.2, 0.25) is 0 Å². The Balaban J connectivity index is 1.46. The molecule has 4 atom stereocenters. The number of nitrogens with one attached hydrogen (secondary N) is 1. The van der Waals surface area contributed by atoms with E-state index in [-0.39, 0.29) is 40.7 Å². The first-order valence-corrected chi connectivity index (χ1v) is 11.2. The van der Waals surface area contributed by atoms with Gasteiger partial charge in [0.2, 0.25) is 0 Å². The SMILES string of the molecule is CC1(C)C[C@H]2C[C@@](C)(CN2C(=O)c2cc3n(n2)[C@H](C(F)(F)F)C[C@@H](c2ccccc2)N3)C1. The molecule has 2 aliphatic heterocycles. The van der Waals surface area contributed by atoms with Crippen molar-refractivity contribution < 1.29 is 18.0 Å². The van der Waals surface area contributed by atoms with Gasteiger partial charge in [-0.3, -0.25) is 4.79 Å². The average molecular weight is 447 g/mol. The number of nitrogens with zero attached hydrogens (tertiary/aromatic N) is 3. The monoisotopic (exact) mass is 446 g/mol. The number of amides is 1. The molecule has 8 heteroatoms. The molecule has 1 saturated heterocycles. The number of likely N-dealkylation sites (tertiary alicyclic amines) is 1. The van der Waals surface area contributed by atoms with Crippen LogP contribution in [0.5, 0.6) is 0 Å². The minimum atomic E-state index is -4.46. The summed E-state index contributed by atoms with van der Waals surface area (Å²) in [5, 5.41) is 7.37. The Morgan fingerprint density at radius 2 is 1.88 bits per heavy atom. The highest BCUT2D eigenvalue weighted by molar-refractivity contribution is 5.93. The molecule has 0 spiro atoms. The summed E-state index contributed by atoms with van der Waals surface area (Å²) in [6, 6.07) is 8.42. The third-order valence-corrected chi connectivity index (χ3v) is 7.29. The van der Waals surface area contributed by atoms with Crippen LogP contribution in [-0.2, 0) is 0 Å². The fourth-order valence-corrected chi connectivity index (χ4v) is 6.43. The standard InChI is InChI=1S/C24H29F3N4O/c1-22(2)11-16-12-23(3,13-22)14-30(16)21(32)18-10-20-28-17(15-7-5-4-6-8-15)9-19(24(25,26)27)31(20)29-18/h4-8,10,16-17,19,28H,9,11-14H2,1-3H3/t16-,17-,19-,23+/m0/s1. The zero-order valence-electron chi connectivity index (χ0n) is 18.6. The lowest BCUT2D eigenvalue weighted by molar-refractivity contribution is -0.173. The number of hydrogen-bond donors (Lipinski definition) is 1. The van der Waals surface area contributed by atoms with Gasteiger partial charge in [0.15, 0.2) is 11.7 Å². The van der Waals surface area contributed by atoms with Crippen molar-refractivity contribution in [2.45, 2.75) is 70.8 Å². The molecule has 1 aliphatic carbocycles. The zero-order valence-corrected chi connectivity index (χ0v) is 18.6. The lowest BCUT2D eigenvalue weighted by atomic mass is 9.65. The van der Waals surface area contributed by atoms with Crippen LogP contribution in [0.3, 0.4) is 0 Å². The van der Waals surface area contributed by atoms with E-state index in [2.05, 4.69) is 31.2 Å². The Morgan fingerprint density at radius 1 is 1.16 bits per heavy atom. The highest BCUT2D eigenvalue weighted by Gasteiger charge is 2.52. The molecule has 3 heterocycles. The van der Waals surface area contributed by atoms with Crippen LogP contribution in [0.15, 0.2) is 36.4 Å². The number of benzene rings is 1. The molecule has 1 aromatic carbocycles. The molecule has 3 aliphatic rings. The van der Waals surface area contributed by atoms with Crippen LogP contribution in [0.25, 0.3) is 0 Å². The van der Waals surface area contributed by atoms with Crippen LogP contribution in [-0.4, -0.2) is 39.4 Å². The Labute approximate surface area is 186 Å². The molecule has 2 aromatic rings. The van der Waals surface area contributed by atoms with Gasteiger partial charge in [0.1, 0.15) is 5.82 Å². The topological polar surface area (TPSA) is 50.2 Å². The maximum absolute atomic E-state index is 13.9. The van der Waals surface area contributed by atoms with Crippen molar-refractivity contribution in [2.24, 2.45) is 10.8 Å². The van der Waals surface area contributed by atoms with Crippen LogP contribution >= 0.6 is 0 Å². The Hall–Kier alpha value is -2.51. The number of carbonyl (C=O) groups excluding carboxylic acids is 1. The largest absolute Gasteiger partial charge is 0.410 e. The molecular formula is C24H29F3N4O. The van der Waals surface area contributed by atoms with Crippen LogP contribution in [0.4, 0.5) is 19.0 Å². The first-order chi connectivity index (χ1) is 14.9. The van der Waals surface area contributed by atoms with Gasteiger partial charge in [0.05, 0.1) is 6.04 Å². The van der Waals surface area contributed by atoms with E-state index in [0.29, 0.717) is 6.54 Å². The van der Waals surface area contributed by atoms with Crippen LogP contribution in [0, 0.1) is 10.8 Å². The van der Waals surface area contributed by atoms with E-state index in [4.69, 9.17) is 0 Å². The summed E-state index contributed by atoms with van der Waals surface area (Å²) in [4.78, 5) is 15.3. The number of rotatable bonds is 2. The first-order valence-electron chi connectivity index (χ1n) is 11.2. The number of carbonyl (C=O) groups is 1. The minimum absolute atomic E-state index is 0.0482. The van der Waals surface area contributed by atoms with Gasteiger partial charge in [-0.25, -0.2) is 4.68 Å². The van der Waals surface area contributed by atoms with Crippen molar-refractivity contribution in [1.82, 2.24) is 14.7 Å². The predicted octanol–water partition coefficient (Wildman–Crippen LogP) is 5.58. The van der Waals surface area contributed by atoms with Gasteiger partial charge in [-0.2, -0.15) is 18.3 Å². The molecule has 1 N–H and O–H groups in total. The quantitative estimate of drug-likeness (QED) is 0.655. The molecule has 2 bridgehead atoms. The van der Waals surface area contributed by atoms with Crippen molar-refractivity contribution in [3.8, 4) is 0 Å². The van der Waals surface area contributed by atoms with Crippen LogP contribution in [0.1, 0.15) is 74.6 Å². The number of alkyl halides is 3. The number of aromatic nitrogens is 2. The molecule has 172 valence electrons. The third-order valence-electron chi connectivity index (χ3n) is 7.29. The minimum Gasteiger partial charge on any atom is -0.363 e. The second kappa shape index (κ2) is 6.99. The predicted molar refractivity (Wildman–Crippen MR) is 115 cm³/mol. The van der Waals surface area contributed by atoms with Gasteiger partial charge >= 0.3 is 6.18 Å². The Kier molecular flexibility index (Phi) is 4.66. The summed E-state index contributed by atoms with van der Waals surface area (Å²) in [5.41, 5.74) is 1.06. The molecule has 2 fully saturated rings. The molecule has 5 nitrogen and oxygen atoms in total. The van der Waals surface area contributed by atoms with E-state index in [0.717, 1.165) is 29.5 Å². The van der Waals surface area contributed by atoms with Crippen LogP contribution < -0.4 is 5.32 Å². The molecule has 5 rings (SSSR count). The van der Waals surface area contributed by atoms with Crippen molar-refractivity contribution in [1.29, 1.82) is 0 Å². The molecule has 1 amide bonds. The van der Waals surface area contributed by atoms with Gasteiger partial charge in [-0.05, 0) is 35.7 Å². The van der Waals surface area contributed by atoms with E-state index in [1.54, 1.807) is 0 Å². The van der Waals surface area contributed by atoms with Gasteiger partial charge in [-0.15, -0.1) is 0 Å². The van der Waals surface area contributed by atoms with E-state index in [9.17, 15) is 18.0 Å². The van der Waals surface area contributed by atoms with Gasteiger partial charge < -0.3 is 10.2 Å². The molecule has 0 unspecified atom stereocenters. The molecule has 1 aromatic heterocycles. The van der Waals surface area contributed by atoms with Crippen molar-refractivity contribution in [2.75, 3.05) is 11.9 Å². The van der Waals surface area contributed by atoms with Crippen molar-refractivity contribution >= 4 is 11.7 Å². The normalized spacial score (nSPS) is 31.2. The molecule has 32 heavy (non-hydrogen) atoms. The first kappa shape index (κ1) is 21.3. The highest BCUT2D eigenvalue weighted by atomic mass is 19.4. The summed E-state index contributed by atoms with van der Waals surface area (Å²) in [6.45, 7) is 7.29. The van der Waals surface area contributed by atoms with E-state index in [1.165, 1.54) is 6.07 Å². The fraction of sp³-hybridized carbons (Fsp3) is 0.583. The van der Waals surface area contributed by atoms with E-state index < -0.39 is 18.3 Å². The second-order valence-corrected chi connectivity index (χ2v) is 10.9. The summed E-state index contributed by atoms with van der Waals surface area (Å²) >= 11 is 0. The number of hydrogen-bond acceptors (Lipinski definition) is 3. The van der Waals surface area contributed by atoms with E-state index >= 15 is 0 Å². The molecule has 1 saturated carbocycles. The Morgan fingerprint density at radius 3 is 2.56 bits per heavy atom. The smallest absolute Gasteiger partial charge is 0.363 e. The van der Waals surface area contributed by atoms with Crippen molar-refractivity contribution in [3.05, 3.63) is 47.7 Å². The number of anilines is 1. The second-order valence-electron chi connectivity index (χ2n) is 10.9. The summed E-state index contributed by atoms with van der Waals surface area (Å²) in [6.07, 6.45) is -1.75. The maximum Gasteiger partial charge on any atom is 0.410 e. The van der Waals surface area contributed by atoms with E-state index in [1.807, 2.05) is 35.2 Å². The third kappa shape index (κ3) is 3.67. The lowest BCUT2D eigenvalue weighted by Crippen LogP contribution is -2.38. The zero-order chi connectivity index (χ0) is 22.9. The van der Waals surface area contributed by atoms with Gasteiger partial charge in [0, 0.05) is 25.1 Å². The fourth-order valence-electron chi connectivity index (χ4n) is 6.43. The summed E-state index contributed by atoms with van der Waals surface area (Å²) in [5.74, 6) is -0.0261. The maximum atomic E-state index is 13.9. The lowest BCUT2D eigenvalue weighted by Gasteiger charge is -2.39. The molecule has 0 radical (unpaired) electrons. The molecular weight excluding hydrogens is 417 g/mol. The average Bonchev–Trinajstić information content (AvgIpc) is 3.23. The van der Waals surface area contributed by atoms with Gasteiger partial charge in [0.25, 0.3) is 5.91 Å². The van der Waals surface area contributed by atoms with Crippen molar-refractivity contribution in [3.63, 3.8) is 0 Å².